The van der Waals surface area contributed by atoms with Gasteiger partial charge < -0.3 is 19.6 Å². The number of aromatic nitrogens is 2. The molecular weight excluding hydrogens is 542 g/mol. The van der Waals surface area contributed by atoms with E-state index in [-0.39, 0.29) is 28.2 Å². The molecule has 1 aliphatic carbocycles. The molecule has 0 radical (unpaired) electrons. The number of amides is 1. The maximum atomic E-state index is 14.6. The smallest absolute Gasteiger partial charge is 0.449 e. The number of aryl methyl sites for hydroxylation is 2. The van der Waals surface area contributed by atoms with Gasteiger partial charge in [-0.15, -0.1) is 0 Å². The Morgan fingerprint density at radius 3 is 2.49 bits per heavy atom. The molecule has 1 aromatic heterocycles. The van der Waals surface area contributed by atoms with Crippen LogP contribution in [0.5, 0.6) is 5.75 Å². The standard InChI is InChI=1S/C31H36ClN5O4/c1-20-18-28(34-30(33-20)35(2)3)36-16-14-22(15-17-36)37(4,29(38)24-9-5-6-10-26(24)32)27-11-7-8-21-12-13-23(19-25(21)27)41-31(39)40/h5-6,9-10,12-13,18-19,22,27H,7-8,11,14-17H2,1-4H3/p+1/t27-,37?/m1/s1. The lowest BCUT2D eigenvalue weighted by atomic mass is 9.82. The SMILES string of the molecule is Cc1cc(N2CCC([N+](C)(C(=O)c3ccccc3Cl)[C@@H]3CCCc4ccc(OC(=O)O)cc43)CC2)nc(N(C)C)n1. The summed E-state index contributed by atoms with van der Waals surface area (Å²) in [6, 6.07) is 14.5. The highest BCUT2D eigenvalue weighted by atomic mass is 35.5. The van der Waals surface area contributed by atoms with Gasteiger partial charge in [0, 0.05) is 63.8 Å². The summed E-state index contributed by atoms with van der Waals surface area (Å²) in [7, 11) is 5.90. The normalized spacial score (nSPS) is 18.8. The first-order valence-electron chi connectivity index (χ1n) is 14.0. The number of hydrogen-bond donors (Lipinski definition) is 1. The first-order valence-corrected chi connectivity index (χ1v) is 14.4. The fourth-order valence-electron chi connectivity index (χ4n) is 6.46. The van der Waals surface area contributed by atoms with Crippen LogP contribution >= 0.6 is 11.6 Å². The molecule has 2 atom stereocenters. The van der Waals surface area contributed by atoms with Crippen molar-refractivity contribution < 1.29 is 23.9 Å². The summed E-state index contributed by atoms with van der Waals surface area (Å²) >= 11 is 6.60. The number of benzene rings is 2. The molecule has 1 unspecified atom stereocenters. The van der Waals surface area contributed by atoms with Crippen molar-refractivity contribution in [1.29, 1.82) is 0 Å². The van der Waals surface area contributed by atoms with Gasteiger partial charge in [0.1, 0.15) is 17.6 Å². The quantitative estimate of drug-likeness (QED) is 0.220. The molecular formula is C31H37ClN5O4+. The molecule has 0 bridgehead atoms. The van der Waals surface area contributed by atoms with E-state index < -0.39 is 6.16 Å². The lowest BCUT2D eigenvalue weighted by Gasteiger charge is -2.49. The molecule has 1 amide bonds. The molecule has 0 saturated carbocycles. The second kappa shape index (κ2) is 11.7. The summed E-state index contributed by atoms with van der Waals surface area (Å²) in [5.41, 5.74) is 3.52. The lowest BCUT2D eigenvalue weighted by molar-refractivity contribution is -0.888. The van der Waals surface area contributed by atoms with Gasteiger partial charge in [-0.2, -0.15) is 4.98 Å². The maximum absolute atomic E-state index is 14.6. The molecule has 2 heterocycles. The second-order valence-corrected chi connectivity index (χ2v) is 11.8. The molecule has 2 aromatic carbocycles. The van der Waals surface area contributed by atoms with E-state index in [1.807, 2.05) is 63.3 Å². The van der Waals surface area contributed by atoms with Crippen LogP contribution in [-0.2, 0) is 6.42 Å². The number of rotatable bonds is 6. The summed E-state index contributed by atoms with van der Waals surface area (Å²) in [5, 5.41) is 9.68. The topological polar surface area (TPSA) is 95.9 Å². The Morgan fingerprint density at radius 1 is 1.07 bits per heavy atom. The number of ether oxygens (including phenoxy) is 1. The predicted molar refractivity (Wildman–Crippen MR) is 159 cm³/mol. The number of halogens is 1. The summed E-state index contributed by atoms with van der Waals surface area (Å²) in [4.78, 5) is 39.4. The molecule has 10 heteroatoms. The zero-order chi connectivity index (χ0) is 29.3. The van der Waals surface area contributed by atoms with E-state index in [1.165, 1.54) is 0 Å². The molecule has 216 valence electrons. The Balaban J connectivity index is 1.52. The molecule has 0 spiro atoms. The van der Waals surface area contributed by atoms with E-state index in [0.717, 1.165) is 67.8 Å². The summed E-state index contributed by atoms with van der Waals surface area (Å²) in [6.45, 7) is 3.47. The van der Waals surface area contributed by atoms with Crippen LogP contribution in [0, 0.1) is 6.92 Å². The monoisotopic (exact) mass is 578 g/mol. The Labute approximate surface area is 245 Å². The van der Waals surface area contributed by atoms with Crippen LogP contribution in [0.4, 0.5) is 16.6 Å². The molecule has 1 saturated heterocycles. The van der Waals surface area contributed by atoms with Crippen molar-refractivity contribution in [2.45, 2.75) is 51.1 Å². The lowest BCUT2D eigenvalue weighted by Crippen LogP contribution is -2.61. The van der Waals surface area contributed by atoms with Gasteiger partial charge in [0.05, 0.1) is 23.7 Å². The fourth-order valence-corrected chi connectivity index (χ4v) is 6.68. The highest BCUT2D eigenvalue weighted by Crippen LogP contribution is 2.45. The number of nitrogens with zero attached hydrogens (tertiary/aromatic N) is 5. The van der Waals surface area contributed by atoms with Gasteiger partial charge in [0.15, 0.2) is 0 Å². The van der Waals surface area contributed by atoms with Crippen molar-refractivity contribution in [3.63, 3.8) is 0 Å². The maximum Gasteiger partial charge on any atom is 0.511 e. The van der Waals surface area contributed by atoms with Crippen molar-refractivity contribution >= 4 is 35.4 Å². The Morgan fingerprint density at radius 2 is 1.80 bits per heavy atom. The van der Waals surface area contributed by atoms with Crippen LogP contribution < -0.4 is 14.5 Å². The van der Waals surface area contributed by atoms with Crippen LogP contribution in [-0.4, -0.2) is 71.9 Å². The van der Waals surface area contributed by atoms with E-state index in [2.05, 4.69) is 9.88 Å². The Kier molecular flexibility index (Phi) is 8.20. The molecule has 3 aromatic rings. The zero-order valence-electron chi connectivity index (χ0n) is 24.0. The third-order valence-electron chi connectivity index (χ3n) is 8.57. The van der Waals surface area contributed by atoms with E-state index in [4.69, 9.17) is 21.3 Å². The Hall–Kier alpha value is -3.69. The van der Waals surface area contributed by atoms with Crippen molar-refractivity contribution in [2.75, 3.05) is 44.0 Å². The molecule has 9 nitrogen and oxygen atoms in total. The van der Waals surface area contributed by atoms with Gasteiger partial charge in [0.2, 0.25) is 5.95 Å². The van der Waals surface area contributed by atoms with Gasteiger partial charge in [-0.1, -0.05) is 29.8 Å². The van der Waals surface area contributed by atoms with Crippen LogP contribution in [0.25, 0.3) is 0 Å². The number of piperidine rings is 1. The van der Waals surface area contributed by atoms with Crippen LogP contribution in [0.2, 0.25) is 5.02 Å². The summed E-state index contributed by atoms with van der Waals surface area (Å²) in [6.07, 6.45) is 2.82. The van der Waals surface area contributed by atoms with Gasteiger partial charge in [0.25, 0.3) is 0 Å². The van der Waals surface area contributed by atoms with Crippen molar-refractivity contribution in [1.82, 2.24) is 9.97 Å². The van der Waals surface area contributed by atoms with Crippen LogP contribution in [0.15, 0.2) is 48.5 Å². The van der Waals surface area contributed by atoms with Crippen molar-refractivity contribution in [3.8, 4) is 5.75 Å². The number of carbonyl (C=O) groups excluding carboxylic acids is 1. The third-order valence-corrected chi connectivity index (χ3v) is 8.90. The second-order valence-electron chi connectivity index (χ2n) is 11.3. The number of carboxylic acid groups (broad SMARTS) is 1. The first kappa shape index (κ1) is 28.8. The highest BCUT2D eigenvalue weighted by molar-refractivity contribution is 6.33. The Bertz CT molecular complexity index is 1460. The molecule has 1 aliphatic heterocycles. The van der Waals surface area contributed by atoms with Crippen molar-refractivity contribution in [3.05, 3.63) is 75.9 Å². The highest BCUT2D eigenvalue weighted by Gasteiger charge is 2.50. The molecule has 2 aliphatic rings. The number of hydrogen-bond acceptors (Lipinski definition) is 7. The average Bonchev–Trinajstić information content (AvgIpc) is 2.95. The third kappa shape index (κ3) is 5.74. The number of anilines is 2. The minimum absolute atomic E-state index is 0.0197. The number of carbonyl (C=O) groups is 2. The van der Waals surface area contributed by atoms with E-state index >= 15 is 0 Å². The largest absolute Gasteiger partial charge is 0.511 e. The summed E-state index contributed by atoms with van der Waals surface area (Å²) < 4.78 is 5.19. The molecule has 5 rings (SSSR count). The van der Waals surface area contributed by atoms with Gasteiger partial charge in [-0.05, 0) is 49.6 Å². The zero-order valence-corrected chi connectivity index (χ0v) is 24.8. The first-order chi connectivity index (χ1) is 19.6. The fraction of sp³-hybridized carbons (Fsp3) is 0.419. The van der Waals surface area contributed by atoms with Gasteiger partial charge >= 0.3 is 12.1 Å². The van der Waals surface area contributed by atoms with Crippen LogP contribution in [0.3, 0.4) is 0 Å². The number of fused-ring (bicyclic) bond motifs is 1. The van der Waals surface area contributed by atoms with E-state index in [0.29, 0.717) is 16.5 Å². The minimum Gasteiger partial charge on any atom is -0.449 e. The molecule has 1 fully saturated rings. The van der Waals surface area contributed by atoms with E-state index in [9.17, 15) is 14.7 Å². The van der Waals surface area contributed by atoms with E-state index in [1.54, 1.807) is 18.2 Å². The average molecular weight is 579 g/mol. The molecule has 1 N–H and O–H groups in total. The number of quaternary nitrogens is 1. The van der Waals surface area contributed by atoms with Gasteiger partial charge in [-0.25, -0.2) is 19.1 Å². The summed E-state index contributed by atoms with van der Waals surface area (Å²) in [5.74, 6) is 1.81. The molecule has 41 heavy (non-hydrogen) atoms. The predicted octanol–water partition coefficient (Wildman–Crippen LogP) is 5.89. The van der Waals surface area contributed by atoms with Gasteiger partial charge in [-0.3, -0.25) is 0 Å². The van der Waals surface area contributed by atoms with Crippen LogP contribution in [0.1, 0.15) is 58.9 Å². The minimum atomic E-state index is -1.36. The van der Waals surface area contributed by atoms with Crippen molar-refractivity contribution in [2.24, 2.45) is 0 Å².